The summed E-state index contributed by atoms with van der Waals surface area (Å²) in [6.45, 7) is -0.683. The molecule has 7 nitrogen and oxygen atoms in total. The number of allylic oxidation sites excluding steroid dienone is 1. The summed E-state index contributed by atoms with van der Waals surface area (Å²) in [5.74, 6) is 1.98. The molecule has 0 spiro atoms. The van der Waals surface area contributed by atoms with Crippen LogP contribution in [0.1, 0.15) is 12.8 Å². The minimum atomic E-state index is -5.09. The van der Waals surface area contributed by atoms with Crippen molar-refractivity contribution in [2.75, 3.05) is 37.0 Å². The van der Waals surface area contributed by atoms with Crippen LogP contribution < -0.4 is 14.5 Å². The van der Waals surface area contributed by atoms with E-state index in [1.807, 2.05) is 5.92 Å². The van der Waals surface area contributed by atoms with Crippen LogP contribution in [-0.4, -0.2) is 62.5 Å². The van der Waals surface area contributed by atoms with Gasteiger partial charge < -0.3 is 14.5 Å². The van der Waals surface area contributed by atoms with Gasteiger partial charge in [0.05, 0.1) is 24.5 Å². The Morgan fingerprint density at radius 3 is 2.24 bits per heavy atom. The van der Waals surface area contributed by atoms with Gasteiger partial charge in [0.25, 0.3) is 5.91 Å². The summed E-state index contributed by atoms with van der Waals surface area (Å²) in [6.07, 6.45) is 6.70. The standard InChI is InChI=1S/C23H21F4N3O4/c1-5-9-28(3)18-12-17(16(24)11-19(18)34-22(14-31)7-8-22)29(4)21(33)13-20(23(25,26)27)30(15-32)10-6-2/h1-2,11-15H,7-10H2,3-4H3/b20-13-. The number of amides is 2. The monoisotopic (exact) mass is 479 g/mol. The van der Waals surface area contributed by atoms with Crippen LogP contribution in [0.4, 0.5) is 28.9 Å². The van der Waals surface area contributed by atoms with Gasteiger partial charge in [0.15, 0.2) is 17.7 Å². The number of alkyl halides is 3. The number of aldehydes is 1. The molecule has 1 saturated carbocycles. The summed E-state index contributed by atoms with van der Waals surface area (Å²) in [7, 11) is 2.60. The molecule has 0 radical (unpaired) electrons. The van der Waals surface area contributed by atoms with E-state index in [4.69, 9.17) is 17.6 Å². The molecule has 0 atom stereocenters. The second kappa shape index (κ2) is 10.3. The molecule has 0 aromatic heterocycles. The zero-order valence-corrected chi connectivity index (χ0v) is 18.4. The number of halogens is 4. The lowest BCUT2D eigenvalue weighted by atomic mass is 10.2. The lowest BCUT2D eigenvalue weighted by Gasteiger charge is -2.26. The van der Waals surface area contributed by atoms with Gasteiger partial charge >= 0.3 is 6.18 Å². The Labute approximate surface area is 193 Å². The highest BCUT2D eigenvalue weighted by molar-refractivity contribution is 6.02. The first kappa shape index (κ1) is 26.3. The highest BCUT2D eigenvalue weighted by Crippen LogP contribution is 2.43. The normalized spacial score (nSPS) is 14.3. The van der Waals surface area contributed by atoms with Crippen molar-refractivity contribution in [3.05, 3.63) is 29.7 Å². The fraction of sp³-hybridized carbons (Fsp3) is 0.348. The maximum absolute atomic E-state index is 14.9. The highest BCUT2D eigenvalue weighted by Gasteiger charge is 2.46. The van der Waals surface area contributed by atoms with Gasteiger partial charge in [-0.05, 0) is 18.9 Å². The fourth-order valence-electron chi connectivity index (χ4n) is 2.92. The van der Waals surface area contributed by atoms with E-state index < -0.39 is 35.7 Å². The van der Waals surface area contributed by atoms with Gasteiger partial charge in [-0.3, -0.25) is 19.3 Å². The fourth-order valence-corrected chi connectivity index (χ4v) is 2.92. The van der Waals surface area contributed by atoms with Gasteiger partial charge in [-0.15, -0.1) is 12.8 Å². The molecule has 180 valence electrons. The van der Waals surface area contributed by atoms with Crippen molar-refractivity contribution in [3.63, 3.8) is 0 Å². The third-order valence-electron chi connectivity index (χ3n) is 4.98. The van der Waals surface area contributed by atoms with Crippen molar-refractivity contribution in [2.24, 2.45) is 0 Å². The molecule has 0 N–H and O–H groups in total. The van der Waals surface area contributed by atoms with E-state index in [0.717, 1.165) is 13.1 Å². The molecule has 1 aliphatic carbocycles. The van der Waals surface area contributed by atoms with Gasteiger partial charge in [-0.1, -0.05) is 11.8 Å². The number of ether oxygens (including phenoxy) is 1. The van der Waals surface area contributed by atoms with Crippen molar-refractivity contribution in [3.8, 4) is 30.4 Å². The number of hydrogen-bond acceptors (Lipinski definition) is 5. The van der Waals surface area contributed by atoms with Crippen LogP contribution in [0.2, 0.25) is 0 Å². The van der Waals surface area contributed by atoms with Crippen LogP contribution in [0.15, 0.2) is 23.9 Å². The van der Waals surface area contributed by atoms with Gasteiger partial charge in [0, 0.05) is 26.2 Å². The van der Waals surface area contributed by atoms with Crippen molar-refractivity contribution in [1.29, 1.82) is 0 Å². The smallest absolute Gasteiger partial charge is 0.431 e. The summed E-state index contributed by atoms with van der Waals surface area (Å²) in [4.78, 5) is 37.2. The van der Waals surface area contributed by atoms with E-state index in [1.165, 1.54) is 11.0 Å². The lowest BCUT2D eigenvalue weighted by Crippen LogP contribution is -2.34. The van der Waals surface area contributed by atoms with Crippen molar-refractivity contribution >= 4 is 30.0 Å². The first-order valence-electron chi connectivity index (χ1n) is 9.78. The first-order valence-corrected chi connectivity index (χ1v) is 9.78. The Bertz CT molecular complexity index is 1080. The molecular weight excluding hydrogens is 458 g/mol. The molecule has 1 aromatic carbocycles. The van der Waals surface area contributed by atoms with Crippen LogP contribution in [0, 0.1) is 30.5 Å². The predicted molar refractivity (Wildman–Crippen MR) is 116 cm³/mol. The Balaban J connectivity index is 2.51. The third kappa shape index (κ3) is 5.87. The Morgan fingerprint density at radius 2 is 1.76 bits per heavy atom. The third-order valence-corrected chi connectivity index (χ3v) is 4.98. The molecule has 0 heterocycles. The second-order valence-electron chi connectivity index (χ2n) is 7.48. The average Bonchev–Trinajstić information content (AvgIpc) is 3.55. The number of carbonyl (C=O) groups excluding carboxylic acids is 3. The number of hydrogen-bond donors (Lipinski definition) is 0. The molecular formula is C23H21F4N3O4. The predicted octanol–water partition coefficient (Wildman–Crippen LogP) is 2.51. The maximum atomic E-state index is 14.9. The quantitative estimate of drug-likeness (QED) is 0.223. The van der Waals surface area contributed by atoms with E-state index in [-0.39, 0.29) is 41.1 Å². The molecule has 1 fully saturated rings. The number of likely N-dealkylation sites (N-methyl/N-ethyl adjacent to an activating group) is 1. The minimum absolute atomic E-state index is 0.0166. The number of carbonyl (C=O) groups is 3. The van der Waals surface area contributed by atoms with Crippen LogP contribution in [0.25, 0.3) is 0 Å². The molecule has 1 aliphatic rings. The first-order chi connectivity index (χ1) is 15.9. The largest absolute Gasteiger partial charge is 0.478 e. The number of terminal acetylenes is 2. The number of benzene rings is 1. The molecule has 11 heteroatoms. The molecule has 1 aromatic rings. The average molecular weight is 479 g/mol. The van der Waals surface area contributed by atoms with Crippen LogP contribution in [0.3, 0.4) is 0 Å². The van der Waals surface area contributed by atoms with E-state index >= 15 is 0 Å². The molecule has 0 bridgehead atoms. The SMILES string of the molecule is C#CCN(C=O)/C(=C\C(=O)N(C)c1cc(N(C)CC#C)c(OC2(C=O)CC2)cc1F)C(F)(F)F. The summed E-state index contributed by atoms with van der Waals surface area (Å²) in [6, 6.07) is 2.09. The topological polar surface area (TPSA) is 70.2 Å². The summed E-state index contributed by atoms with van der Waals surface area (Å²) >= 11 is 0. The Hall–Kier alpha value is -3.99. The van der Waals surface area contributed by atoms with Gasteiger partial charge in [0.1, 0.15) is 11.4 Å². The number of nitrogens with zero attached hydrogens (tertiary/aromatic N) is 3. The Kier molecular flexibility index (Phi) is 7.96. The molecule has 0 saturated heterocycles. The number of anilines is 2. The van der Waals surface area contributed by atoms with Crippen LogP contribution in [0.5, 0.6) is 5.75 Å². The molecule has 0 unspecified atom stereocenters. The minimum Gasteiger partial charge on any atom is -0.478 e. The summed E-state index contributed by atoms with van der Waals surface area (Å²) in [5.41, 5.74) is -2.87. The highest BCUT2D eigenvalue weighted by atomic mass is 19.4. The molecule has 34 heavy (non-hydrogen) atoms. The van der Waals surface area contributed by atoms with E-state index in [1.54, 1.807) is 7.05 Å². The lowest BCUT2D eigenvalue weighted by molar-refractivity contribution is -0.131. The zero-order chi connectivity index (χ0) is 25.7. The van der Waals surface area contributed by atoms with Crippen LogP contribution in [-0.2, 0) is 14.4 Å². The van der Waals surface area contributed by atoms with Gasteiger partial charge in [-0.25, -0.2) is 4.39 Å². The molecule has 2 amide bonds. The molecule has 0 aliphatic heterocycles. The van der Waals surface area contributed by atoms with Gasteiger partial charge in [0.2, 0.25) is 6.41 Å². The van der Waals surface area contributed by atoms with E-state index in [2.05, 4.69) is 5.92 Å². The van der Waals surface area contributed by atoms with E-state index in [9.17, 15) is 31.9 Å². The molecule has 2 rings (SSSR count). The van der Waals surface area contributed by atoms with Crippen molar-refractivity contribution in [1.82, 2.24) is 4.90 Å². The van der Waals surface area contributed by atoms with E-state index in [0.29, 0.717) is 24.0 Å². The summed E-state index contributed by atoms with van der Waals surface area (Å²) < 4.78 is 60.9. The number of rotatable bonds is 10. The summed E-state index contributed by atoms with van der Waals surface area (Å²) in [5, 5.41) is 0. The zero-order valence-electron chi connectivity index (χ0n) is 18.4. The van der Waals surface area contributed by atoms with Crippen LogP contribution >= 0.6 is 0 Å². The van der Waals surface area contributed by atoms with Gasteiger partial charge in [-0.2, -0.15) is 13.2 Å². The van der Waals surface area contributed by atoms with Crippen molar-refractivity contribution in [2.45, 2.75) is 24.6 Å². The van der Waals surface area contributed by atoms with Crippen molar-refractivity contribution < 1.29 is 36.7 Å². The second-order valence-corrected chi connectivity index (χ2v) is 7.48. The Morgan fingerprint density at radius 1 is 1.15 bits per heavy atom. The maximum Gasteiger partial charge on any atom is 0.431 e.